The van der Waals surface area contributed by atoms with E-state index in [9.17, 15) is 14.7 Å². The number of ether oxygens (including phenoxy) is 1. The number of rotatable bonds is 5. The van der Waals surface area contributed by atoms with Gasteiger partial charge >= 0.3 is 5.97 Å². The van der Waals surface area contributed by atoms with E-state index in [1.165, 1.54) is 4.90 Å². The minimum absolute atomic E-state index is 0.0433. The summed E-state index contributed by atoms with van der Waals surface area (Å²) in [6, 6.07) is 9.66. The molecule has 5 heteroatoms. The first-order valence-corrected chi connectivity index (χ1v) is 6.98. The fourth-order valence-corrected chi connectivity index (χ4v) is 2.38. The highest BCUT2D eigenvalue weighted by atomic mass is 16.5. The van der Waals surface area contributed by atoms with Gasteiger partial charge in [-0.15, -0.1) is 0 Å². The minimum atomic E-state index is -0.627. The Kier molecular flexibility index (Phi) is 4.62. The first-order chi connectivity index (χ1) is 10.0. The molecule has 2 rings (SSSR count). The van der Waals surface area contributed by atoms with E-state index < -0.39 is 17.6 Å². The van der Waals surface area contributed by atoms with Gasteiger partial charge in [0.1, 0.15) is 5.57 Å². The van der Waals surface area contributed by atoms with Crippen molar-refractivity contribution in [1.29, 1.82) is 0 Å². The van der Waals surface area contributed by atoms with Crippen molar-refractivity contribution in [2.45, 2.75) is 26.3 Å². The third-order valence-electron chi connectivity index (χ3n) is 3.51. The van der Waals surface area contributed by atoms with Crippen molar-refractivity contribution < 1.29 is 19.4 Å². The van der Waals surface area contributed by atoms with Crippen molar-refractivity contribution in [2.75, 3.05) is 13.2 Å². The molecule has 112 valence electrons. The fraction of sp³-hybridized carbons (Fsp3) is 0.375. The molecule has 1 amide bonds. The van der Waals surface area contributed by atoms with Gasteiger partial charge in [-0.2, -0.15) is 0 Å². The molecule has 5 nitrogen and oxygen atoms in total. The van der Waals surface area contributed by atoms with E-state index in [4.69, 9.17) is 4.74 Å². The normalized spacial score (nSPS) is 16.3. The molecule has 0 aliphatic carbocycles. The summed E-state index contributed by atoms with van der Waals surface area (Å²) in [5.41, 5.74) is 1.14. The van der Waals surface area contributed by atoms with Gasteiger partial charge in [0.15, 0.2) is 5.76 Å². The van der Waals surface area contributed by atoms with Crippen LogP contribution >= 0.6 is 0 Å². The second-order valence-corrected chi connectivity index (χ2v) is 5.02. The molecule has 0 saturated carbocycles. The Bertz CT molecular complexity index is 565. The number of hydrogen-bond acceptors (Lipinski definition) is 4. The molecule has 0 radical (unpaired) electrons. The van der Waals surface area contributed by atoms with Crippen LogP contribution in [0.4, 0.5) is 0 Å². The van der Waals surface area contributed by atoms with Crippen LogP contribution in [0.3, 0.4) is 0 Å². The number of carbonyl (C=O) groups excluding carboxylic acids is 2. The molecule has 0 aromatic heterocycles. The lowest BCUT2D eigenvalue weighted by Gasteiger charge is -2.24. The second kappa shape index (κ2) is 6.43. The Hall–Kier alpha value is -2.30. The van der Waals surface area contributed by atoms with E-state index in [0.29, 0.717) is 6.42 Å². The van der Waals surface area contributed by atoms with E-state index in [1.54, 1.807) is 6.92 Å². The van der Waals surface area contributed by atoms with Gasteiger partial charge in [0.05, 0.1) is 13.2 Å². The van der Waals surface area contributed by atoms with E-state index in [1.807, 2.05) is 37.3 Å². The van der Waals surface area contributed by atoms with Crippen LogP contribution in [0.15, 0.2) is 41.7 Å². The summed E-state index contributed by atoms with van der Waals surface area (Å²) in [5, 5.41) is 9.83. The molecule has 1 aliphatic rings. The van der Waals surface area contributed by atoms with E-state index >= 15 is 0 Å². The molecule has 0 saturated heterocycles. The third kappa shape index (κ3) is 3.24. The summed E-state index contributed by atoms with van der Waals surface area (Å²) in [4.78, 5) is 25.3. The molecule has 1 N–H and O–H groups in total. The lowest BCUT2D eigenvalue weighted by atomic mass is 10.1. The Balaban J connectivity index is 2.06. The molecule has 1 aromatic rings. The zero-order valence-electron chi connectivity index (χ0n) is 12.2. The predicted molar refractivity (Wildman–Crippen MR) is 77.6 cm³/mol. The van der Waals surface area contributed by atoms with E-state index in [-0.39, 0.29) is 24.8 Å². The summed E-state index contributed by atoms with van der Waals surface area (Å²) >= 11 is 0. The Morgan fingerprint density at radius 3 is 2.67 bits per heavy atom. The van der Waals surface area contributed by atoms with E-state index in [2.05, 4.69) is 0 Å². The maximum atomic E-state index is 12.1. The van der Waals surface area contributed by atoms with Crippen molar-refractivity contribution in [2.24, 2.45) is 0 Å². The maximum Gasteiger partial charge on any atom is 0.339 e. The molecule has 0 spiro atoms. The van der Waals surface area contributed by atoms with Crippen LogP contribution in [-0.4, -0.2) is 41.1 Å². The number of aliphatic hydroxyl groups is 1. The first-order valence-electron chi connectivity index (χ1n) is 6.98. The maximum absolute atomic E-state index is 12.1. The Morgan fingerprint density at radius 2 is 2.05 bits per heavy atom. The van der Waals surface area contributed by atoms with Crippen LogP contribution in [0.1, 0.15) is 19.4 Å². The number of nitrogens with zero attached hydrogens (tertiary/aromatic N) is 1. The molecule has 21 heavy (non-hydrogen) atoms. The minimum Gasteiger partial charge on any atom is -0.503 e. The third-order valence-corrected chi connectivity index (χ3v) is 3.51. The average Bonchev–Trinajstić information content (AvgIpc) is 2.77. The van der Waals surface area contributed by atoms with Gasteiger partial charge in [0.2, 0.25) is 0 Å². The van der Waals surface area contributed by atoms with Crippen LogP contribution in [0.25, 0.3) is 0 Å². The molecule has 1 unspecified atom stereocenters. The van der Waals surface area contributed by atoms with E-state index in [0.717, 1.165) is 5.56 Å². The summed E-state index contributed by atoms with van der Waals surface area (Å²) in [5.74, 6) is -1.63. The summed E-state index contributed by atoms with van der Waals surface area (Å²) in [6.07, 6.45) is 0.663. The van der Waals surface area contributed by atoms with Crippen LogP contribution < -0.4 is 0 Å². The topological polar surface area (TPSA) is 66.8 Å². The van der Waals surface area contributed by atoms with Crippen molar-refractivity contribution >= 4 is 11.9 Å². The lowest BCUT2D eigenvalue weighted by molar-refractivity contribution is -0.138. The van der Waals surface area contributed by atoms with Gasteiger partial charge in [-0.05, 0) is 25.8 Å². The number of esters is 1. The first kappa shape index (κ1) is 15.1. The molecular weight excluding hydrogens is 270 g/mol. The van der Waals surface area contributed by atoms with Crippen molar-refractivity contribution in [1.82, 2.24) is 4.90 Å². The van der Waals surface area contributed by atoms with Crippen LogP contribution in [0.5, 0.6) is 0 Å². The van der Waals surface area contributed by atoms with Gasteiger partial charge in [0.25, 0.3) is 5.91 Å². The Labute approximate surface area is 123 Å². The highest BCUT2D eigenvalue weighted by Gasteiger charge is 2.37. The highest BCUT2D eigenvalue weighted by molar-refractivity contribution is 6.05. The summed E-state index contributed by atoms with van der Waals surface area (Å²) in [7, 11) is 0. The quantitative estimate of drug-likeness (QED) is 0.840. The molecule has 0 bridgehead atoms. The van der Waals surface area contributed by atoms with Crippen molar-refractivity contribution in [3.63, 3.8) is 0 Å². The van der Waals surface area contributed by atoms with Gasteiger partial charge in [-0.3, -0.25) is 4.79 Å². The van der Waals surface area contributed by atoms with Crippen LogP contribution in [-0.2, 0) is 20.7 Å². The predicted octanol–water partition coefficient (Wildman–Crippen LogP) is 1.84. The Morgan fingerprint density at radius 1 is 1.38 bits per heavy atom. The SMILES string of the molecule is CCOC(=O)C1=C(O)C(=O)N(C(C)Cc2ccccc2)C1. The largest absolute Gasteiger partial charge is 0.503 e. The van der Waals surface area contributed by atoms with Crippen molar-refractivity contribution in [3.8, 4) is 0 Å². The summed E-state index contributed by atoms with van der Waals surface area (Å²) in [6.45, 7) is 3.88. The molecule has 1 aromatic carbocycles. The number of amides is 1. The second-order valence-electron chi connectivity index (χ2n) is 5.02. The van der Waals surface area contributed by atoms with Gasteiger partial charge in [-0.25, -0.2) is 4.79 Å². The molecular formula is C16H19NO4. The summed E-state index contributed by atoms with van der Waals surface area (Å²) < 4.78 is 4.86. The number of aliphatic hydroxyl groups excluding tert-OH is 1. The number of benzene rings is 1. The van der Waals surface area contributed by atoms with Gasteiger partial charge in [0, 0.05) is 6.04 Å². The van der Waals surface area contributed by atoms with Crippen LogP contribution in [0.2, 0.25) is 0 Å². The van der Waals surface area contributed by atoms with Gasteiger partial charge < -0.3 is 14.7 Å². The molecule has 1 heterocycles. The molecule has 1 aliphatic heterocycles. The lowest BCUT2D eigenvalue weighted by Crippen LogP contribution is -2.37. The molecule has 0 fully saturated rings. The standard InChI is InChI=1S/C16H19NO4/c1-3-21-16(20)13-10-17(15(19)14(13)18)11(2)9-12-7-5-4-6-8-12/h4-8,11,18H,3,9-10H2,1-2H3. The molecule has 1 atom stereocenters. The monoisotopic (exact) mass is 289 g/mol. The van der Waals surface area contributed by atoms with Crippen molar-refractivity contribution in [3.05, 3.63) is 47.2 Å². The fourth-order valence-electron chi connectivity index (χ4n) is 2.38. The average molecular weight is 289 g/mol. The van der Waals surface area contributed by atoms with Crippen LogP contribution in [0, 0.1) is 0 Å². The zero-order valence-corrected chi connectivity index (χ0v) is 12.2. The smallest absolute Gasteiger partial charge is 0.339 e. The van der Waals surface area contributed by atoms with Gasteiger partial charge in [-0.1, -0.05) is 30.3 Å². The zero-order chi connectivity index (χ0) is 15.4. The number of hydrogen-bond donors (Lipinski definition) is 1. The highest BCUT2D eigenvalue weighted by Crippen LogP contribution is 2.22. The number of carbonyl (C=O) groups is 2.